The molecule has 0 spiro atoms. The van der Waals surface area contributed by atoms with Crippen molar-refractivity contribution < 1.29 is 23.7 Å². The second kappa shape index (κ2) is 6.65. The molecule has 2 aromatic carbocycles. The standard InChI is InChI=1S/C22H22O5/c1-22(2)9-8-16-18(27-22)7-5-15(21(16)24-3)17(23)12-14-4-6-19-20(13-14)26-11-10-25-19/h4-9,13H,10-12H2,1-3H3. The molecule has 2 heterocycles. The van der Waals surface area contributed by atoms with Crippen molar-refractivity contribution in [2.75, 3.05) is 20.3 Å². The van der Waals surface area contributed by atoms with E-state index in [2.05, 4.69) is 0 Å². The zero-order valence-corrected chi connectivity index (χ0v) is 15.7. The summed E-state index contributed by atoms with van der Waals surface area (Å²) in [5.74, 6) is 2.64. The molecule has 2 aliphatic rings. The van der Waals surface area contributed by atoms with Crippen LogP contribution in [0.3, 0.4) is 0 Å². The van der Waals surface area contributed by atoms with E-state index < -0.39 is 0 Å². The fourth-order valence-electron chi connectivity index (χ4n) is 3.35. The van der Waals surface area contributed by atoms with Crippen LogP contribution in [0.15, 0.2) is 36.4 Å². The molecular weight excluding hydrogens is 344 g/mol. The van der Waals surface area contributed by atoms with E-state index in [0.717, 1.165) is 16.9 Å². The minimum atomic E-state index is -0.380. The van der Waals surface area contributed by atoms with Gasteiger partial charge in [0.15, 0.2) is 17.3 Å². The van der Waals surface area contributed by atoms with Crippen LogP contribution in [0.2, 0.25) is 0 Å². The van der Waals surface area contributed by atoms with Crippen LogP contribution in [0.25, 0.3) is 6.08 Å². The molecule has 0 bridgehead atoms. The highest BCUT2D eigenvalue weighted by Gasteiger charge is 2.26. The van der Waals surface area contributed by atoms with Crippen molar-refractivity contribution in [1.82, 2.24) is 0 Å². The van der Waals surface area contributed by atoms with Crippen LogP contribution < -0.4 is 18.9 Å². The highest BCUT2D eigenvalue weighted by atomic mass is 16.6. The van der Waals surface area contributed by atoms with Crippen LogP contribution in [-0.4, -0.2) is 31.7 Å². The van der Waals surface area contributed by atoms with Crippen LogP contribution in [0.4, 0.5) is 0 Å². The van der Waals surface area contributed by atoms with Crippen molar-refractivity contribution in [2.24, 2.45) is 0 Å². The second-order valence-corrected chi connectivity index (χ2v) is 7.17. The average molecular weight is 366 g/mol. The lowest BCUT2D eigenvalue weighted by Gasteiger charge is -2.29. The van der Waals surface area contributed by atoms with Gasteiger partial charge in [-0.25, -0.2) is 0 Å². The predicted octanol–water partition coefficient (Wildman–Crippen LogP) is 4.08. The molecule has 140 valence electrons. The SMILES string of the molecule is COc1c(C(=O)Cc2ccc3c(c2)OCCO3)ccc2c1C=CC(C)(C)O2. The Morgan fingerprint density at radius 1 is 1.07 bits per heavy atom. The molecule has 0 aromatic heterocycles. The monoisotopic (exact) mass is 366 g/mol. The minimum absolute atomic E-state index is 0.0236. The van der Waals surface area contributed by atoms with Gasteiger partial charge in [0, 0.05) is 6.42 Å². The van der Waals surface area contributed by atoms with Gasteiger partial charge in [0.1, 0.15) is 30.3 Å². The molecule has 0 radical (unpaired) electrons. The molecule has 5 nitrogen and oxygen atoms in total. The number of fused-ring (bicyclic) bond motifs is 2. The number of methoxy groups -OCH3 is 1. The van der Waals surface area contributed by atoms with E-state index in [1.807, 2.05) is 50.3 Å². The first kappa shape index (κ1) is 17.5. The maximum Gasteiger partial charge on any atom is 0.170 e. The number of hydrogen-bond donors (Lipinski definition) is 0. The van der Waals surface area contributed by atoms with Crippen LogP contribution in [0.5, 0.6) is 23.0 Å². The maximum absolute atomic E-state index is 13.0. The molecule has 5 heteroatoms. The van der Waals surface area contributed by atoms with Gasteiger partial charge in [-0.3, -0.25) is 4.79 Å². The molecule has 4 rings (SSSR count). The highest BCUT2D eigenvalue weighted by molar-refractivity contribution is 6.01. The molecule has 2 aliphatic heterocycles. The van der Waals surface area contributed by atoms with Crippen molar-refractivity contribution in [3.05, 3.63) is 53.1 Å². The summed E-state index contributed by atoms with van der Waals surface area (Å²) < 4.78 is 22.7. The molecule has 0 saturated heterocycles. The third-order valence-electron chi connectivity index (χ3n) is 4.66. The number of hydrogen-bond acceptors (Lipinski definition) is 5. The van der Waals surface area contributed by atoms with Crippen LogP contribution in [-0.2, 0) is 6.42 Å². The second-order valence-electron chi connectivity index (χ2n) is 7.17. The first-order valence-corrected chi connectivity index (χ1v) is 8.98. The van der Waals surface area contributed by atoms with E-state index in [-0.39, 0.29) is 17.8 Å². The first-order chi connectivity index (χ1) is 13.0. The summed E-state index contributed by atoms with van der Waals surface area (Å²) in [6, 6.07) is 9.21. The molecule has 0 unspecified atom stereocenters. The summed E-state index contributed by atoms with van der Waals surface area (Å²) in [6.07, 6.45) is 4.17. The Bertz CT molecular complexity index is 927. The number of ether oxygens (including phenoxy) is 4. The minimum Gasteiger partial charge on any atom is -0.495 e. The third-order valence-corrected chi connectivity index (χ3v) is 4.66. The lowest BCUT2D eigenvalue weighted by molar-refractivity contribution is 0.0989. The third kappa shape index (κ3) is 3.37. The zero-order chi connectivity index (χ0) is 19.0. The summed E-state index contributed by atoms with van der Waals surface area (Å²) in [6.45, 7) is 5.04. The normalized spacial score (nSPS) is 16.3. The Kier molecular flexibility index (Phi) is 4.30. The molecule has 0 fully saturated rings. The summed E-state index contributed by atoms with van der Waals surface area (Å²) in [4.78, 5) is 13.0. The molecular formula is C22H22O5. The van der Waals surface area contributed by atoms with E-state index in [4.69, 9.17) is 18.9 Å². The summed E-state index contributed by atoms with van der Waals surface area (Å²) in [5, 5.41) is 0. The van der Waals surface area contributed by atoms with Crippen LogP contribution >= 0.6 is 0 Å². The highest BCUT2D eigenvalue weighted by Crippen LogP contribution is 2.39. The number of Topliss-reactive ketones (excluding diaryl/α,β-unsaturated/α-hetero) is 1. The fourth-order valence-corrected chi connectivity index (χ4v) is 3.35. The Balaban J connectivity index is 1.63. The number of ketones is 1. The Morgan fingerprint density at radius 2 is 1.81 bits per heavy atom. The number of carbonyl (C=O) groups excluding carboxylic acids is 1. The molecule has 0 amide bonds. The Labute approximate surface area is 158 Å². The summed E-state index contributed by atoms with van der Waals surface area (Å²) in [5.41, 5.74) is 1.83. The lowest BCUT2D eigenvalue weighted by Crippen LogP contribution is -2.27. The molecule has 2 aromatic rings. The number of benzene rings is 2. The van der Waals surface area contributed by atoms with Gasteiger partial charge in [0.2, 0.25) is 0 Å². The van der Waals surface area contributed by atoms with E-state index in [1.54, 1.807) is 13.2 Å². The fraction of sp³-hybridized carbons (Fsp3) is 0.318. The van der Waals surface area contributed by atoms with Gasteiger partial charge >= 0.3 is 0 Å². The van der Waals surface area contributed by atoms with Gasteiger partial charge in [-0.05, 0) is 55.8 Å². The van der Waals surface area contributed by atoms with Crippen molar-refractivity contribution in [3.63, 3.8) is 0 Å². The van der Waals surface area contributed by atoms with E-state index in [1.165, 1.54) is 0 Å². The van der Waals surface area contributed by atoms with Gasteiger partial charge < -0.3 is 18.9 Å². The topological polar surface area (TPSA) is 54.0 Å². The van der Waals surface area contributed by atoms with E-state index >= 15 is 0 Å². The molecule has 0 atom stereocenters. The van der Waals surface area contributed by atoms with Gasteiger partial charge in [0.25, 0.3) is 0 Å². The van der Waals surface area contributed by atoms with Crippen LogP contribution in [0.1, 0.15) is 35.3 Å². The van der Waals surface area contributed by atoms with Crippen molar-refractivity contribution in [1.29, 1.82) is 0 Å². The van der Waals surface area contributed by atoms with Gasteiger partial charge in [0.05, 0.1) is 18.2 Å². The summed E-state index contributed by atoms with van der Waals surface area (Å²) in [7, 11) is 1.57. The number of carbonyl (C=O) groups is 1. The average Bonchev–Trinajstić information content (AvgIpc) is 2.66. The lowest BCUT2D eigenvalue weighted by atomic mass is 9.96. The van der Waals surface area contributed by atoms with Gasteiger partial charge in [-0.15, -0.1) is 0 Å². The zero-order valence-electron chi connectivity index (χ0n) is 15.7. The van der Waals surface area contributed by atoms with Crippen LogP contribution in [0, 0.1) is 0 Å². The van der Waals surface area contributed by atoms with Gasteiger partial charge in [-0.2, -0.15) is 0 Å². The molecule has 27 heavy (non-hydrogen) atoms. The van der Waals surface area contributed by atoms with Crippen molar-refractivity contribution in [3.8, 4) is 23.0 Å². The van der Waals surface area contributed by atoms with Crippen molar-refractivity contribution in [2.45, 2.75) is 25.9 Å². The number of rotatable bonds is 4. The molecule has 0 saturated carbocycles. The maximum atomic E-state index is 13.0. The largest absolute Gasteiger partial charge is 0.495 e. The van der Waals surface area contributed by atoms with E-state index in [9.17, 15) is 4.79 Å². The summed E-state index contributed by atoms with van der Waals surface area (Å²) >= 11 is 0. The van der Waals surface area contributed by atoms with Gasteiger partial charge in [-0.1, -0.05) is 6.07 Å². The Morgan fingerprint density at radius 3 is 2.59 bits per heavy atom. The first-order valence-electron chi connectivity index (χ1n) is 8.98. The Hall–Kier alpha value is -2.95. The molecule has 0 N–H and O–H groups in total. The van der Waals surface area contributed by atoms with Crippen molar-refractivity contribution >= 4 is 11.9 Å². The van der Waals surface area contributed by atoms with E-state index in [0.29, 0.717) is 36.0 Å². The molecule has 0 aliphatic carbocycles. The predicted molar refractivity (Wildman–Crippen MR) is 102 cm³/mol. The smallest absolute Gasteiger partial charge is 0.170 e. The quantitative estimate of drug-likeness (QED) is 0.764.